The second-order valence-corrected chi connectivity index (χ2v) is 3.97. The summed E-state index contributed by atoms with van der Waals surface area (Å²) in [7, 11) is 0. The Morgan fingerprint density at radius 2 is 2.22 bits per heavy atom. The normalized spacial score (nSPS) is 10.6. The van der Waals surface area contributed by atoms with E-state index >= 15 is 0 Å². The van der Waals surface area contributed by atoms with E-state index in [0.29, 0.717) is 5.82 Å². The van der Waals surface area contributed by atoms with Crippen LogP contribution in [0.5, 0.6) is 0 Å². The maximum atomic E-state index is 13.4. The predicted molar refractivity (Wildman–Crippen MR) is 64.7 cm³/mol. The van der Waals surface area contributed by atoms with Gasteiger partial charge >= 0.3 is 0 Å². The molecule has 0 saturated heterocycles. The molecule has 0 unspecified atom stereocenters. The van der Waals surface area contributed by atoms with E-state index in [0.717, 1.165) is 13.0 Å². The lowest BCUT2D eigenvalue weighted by Crippen LogP contribution is -2.13. The maximum Gasteiger partial charge on any atom is 0.191 e. The molecule has 0 radical (unpaired) electrons. The molecule has 5 heteroatoms. The molecule has 94 valence electrons. The third-order valence-electron chi connectivity index (χ3n) is 2.61. The summed E-state index contributed by atoms with van der Waals surface area (Å²) in [6, 6.07) is 2.70. The van der Waals surface area contributed by atoms with Crippen molar-refractivity contribution in [3.8, 4) is 0 Å². The van der Waals surface area contributed by atoms with Crippen LogP contribution in [0.4, 0.5) is 4.39 Å². The van der Waals surface area contributed by atoms with Gasteiger partial charge in [0.15, 0.2) is 11.6 Å². The van der Waals surface area contributed by atoms with E-state index < -0.39 is 5.82 Å². The van der Waals surface area contributed by atoms with Gasteiger partial charge in [0, 0.05) is 25.1 Å². The molecule has 0 bridgehead atoms. The van der Waals surface area contributed by atoms with Gasteiger partial charge in [-0.05, 0) is 18.6 Å². The number of aryl methyl sites for hydroxylation is 1. The summed E-state index contributed by atoms with van der Waals surface area (Å²) >= 11 is 0. The first-order chi connectivity index (χ1) is 8.72. The minimum Gasteiger partial charge on any atom is -0.335 e. The lowest BCUT2D eigenvalue weighted by Gasteiger charge is -2.05. The number of nitrogens with zero attached hydrogens (tertiary/aromatic N) is 3. The Balaban J connectivity index is 2.17. The van der Waals surface area contributed by atoms with Gasteiger partial charge in [0.2, 0.25) is 0 Å². The highest BCUT2D eigenvalue weighted by Gasteiger charge is 2.15. The lowest BCUT2D eigenvalue weighted by atomic mass is 10.2. The quantitative estimate of drug-likeness (QED) is 0.761. The van der Waals surface area contributed by atoms with Crippen molar-refractivity contribution in [1.29, 1.82) is 0 Å². The molecule has 0 aromatic carbocycles. The Bertz CT molecular complexity index is 551. The highest BCUT2D eigenvalue weighted by atomic mass is 19.1. The maximum absolute atomic E-state index is 13.4. The summed E-state index contributed by atoms with van der Waals surface area (Å²) in [5.41, 5.74) is -0.122. The molecule has 0 aliphatic heterocycles. The average molecular weight is 247 g/mol. The van der Waals surface area contributed by atoms with Crippen LogP contribution in [0.25, 0.3) is 0 Å². The van der Waals surface area contributed by atoms with Crippen molar-refractivity contribution >= 4 is 5.78 Å². The molecule has 0 N–H and O–H groups in total. The summed E-state index contributed by atoms with van der Waals surface area (Å²) in [5.74, 6) is -0.292. The SMILES string of the molecule is CCCn1ccnc1CC(=O)c1ncccc1F. The number of hydrogen-bond donors (Lipinski definition) is 0. The fourth-order valence-electron chi connectivity index (χ4n) is 1.77. The number of imidazole rings is 1. The molecule has 2 aromatic heterocycles. The van der Waals surface area contributed by atoms with Crippen molar-refractivity contribution in [2.24, 2.45) is 0 Å². The van der Waals surface area contributed by atoms with Gasteiger partial charge in [-0.25, -0.2) is 9.37 Å². The van der Waals surface area contributed by atoms with E-state index in [2.05, 4.69) is 9.97 Å². The number of hydrogen-bond acceptors (Lipinski definition) is 3. The molecule has 2 rings (SSSR count). The minimum atomic E-state index is -0.587. The van der Waals surface area contributed by atoms with Gasteiger partial charge in [0.1, 0.15) is 11.5 Å². The standard InChI is InChI=1S/C13H14FN3O/c1-2-7-17-8-6-15-12(17)9-11(18)13-10(14)4-3-5-16-13/h3-6,8H,2,7,9H2,1H3. The van der Waals surface area contributed by atoms with Crippen LogP contribution >= 0.6 is 0 Å². The minimum absolute atomic E-state index is 0.0704. The van der Waals surface area contributed by atoms with Crippen LogP contribution in [0.1, 0.15) is 29.7 Å². The molecule has 0 atom stereocenters. The number of carbonyl (C=O) groups excluding carboxylic acids is 1. The molecule has 0 aliphatic carbocycles. The third-order valence-corrected chi connectivity index (χ3v) is 2.61. The van der Waals surface area contributed by atoms with Crippen LogP contribution in [-0.2, 0) is 13.0 Å². The predicted octanol–water partition coefficient (Wildman–Crippen LogP) is 2.25. The number of rotatable bonds is 5. The van der Waals surface area contributed by atoms with Crippen molar-refractivity contribution < 1.29 is 9.18 Å². The second kappa shape index (κ2) is 5.53. The van der Waals surface area contributed by atoms with Crippen LogP contribution in [-0.4, -0.2) is 20.3 Å². The second-order valence-electron chi connectivity index (χ2n) is 3.97. The number of Topliss-reactive ketones (excluding diaryl/α,β-unsaturated/α-hetero) is 1. The zero-order valence-corrected chi connectivity index (χ0v) is 10.1. The first-order valence-electron chi connectivity index (χ1n) is 5.86. The van der Waals surface area contributed by atoms with E-state index in [4.69, 9.17) is 0 Å². The van der Waals surface area contributed by atoms with Gasteiger partial charge in [-0.1, -0.05) is 6.92 Å². The van der Waals surface area contributed by atoms with Crippen LogP contribution in [0.2, 0.25) is 0 Å². The highest BCUT2D eigenvalue weighted by molar-refractivity contribution is 5.95. The fraction of sp³-hybridized carbons (Fsp3) is 0.308. The smallest absolute Gasteiger partial charge is 0.191 e. The molecular formula is C13H14FN3O. The van der Waals surface area contributed by atoms with E-state index in [1.54, 1.807) is 6.20 Å². The van der Waals surface area contributed by atoms with Gasteiger partial charge in [0.25, 0.3) is 0 Å². The monoisotopic (exact) mass is 247 g/mol. The van der Waals surface area contributed by atoms with Gasteiger partial charge in [-0.15, -0.1) is 0 Å². The molecule has 2 heterocycles. The summed E-state index contributed by atoms with van der Waals surface area (Å²) in [6.45, 7) is 2.84. The fourth-order valence-corrected chi connectivity index (χ4v) is 1.77. The number of aromatic nitrogens is 3. The van der Waals surface area contributed by atoms with Gasteiger partial charge in [-0.2, -0.15) is 0 Å². The average Bonchev–Trinajstić information content (AvgIpc) is 2.78. The van der Waals surface area contributed by atoms with Crippen molar-refractivity contribution in [1.82, 2.24) is 14.5 Å². The van der Waals surface area contributed by atoms with Crippen LogP contribution in [0, 0.1) is 5.82 Å². The number of ketones is 1. The first-order valence-corrected chi connectivity index (χ1v) is 5.86. The Labute approximate surface area is 104 Å². The largest absolute Gasteiger partial charge is 0.335 e. The first kappa shape index (κ1) is 12.4. The highest BCUT2D eigenvalue weighted by Crippen LogP contribution is 2.08. The summed E-state index contributed by atoms with van der Waals surface area (Å²) in [5, 5.41) is 0. The zero-order valence-electron chi connectivity index (χ0n) is 10.1. The number of carbonyl (C=O) groups is 1. The molecule has 4 nitrogen and oxygen atoms in total. The summed E-state index contributed by atoms with van der Waals surface area (Å²) in [4.78, 5) is 19.8. The van der Waals surface area contributed by atoms with Crippen molar-refractivity contribution in [2.75, 3.05) is 0 Å². The Kier molecular flexibility index (Phi) is 3.82. The molecule has 0 aliphatic rings. The van der Waals surface area contributed by atoms with E-state index in [9.17, 15) is 9.18 Å². The summed E-state index contributed by atoms with van der Waals surface area (Å²) < 4.78 is 15.3. The van der Waals surface area contributed by atoms with Crippen LogP contribution < -0.4 is 0 Å². The molecule has 18 heavy (non-hydrogen) atoms. The summed E-state index contributed by atoms with van der Waals surface area (Å²) in [6.07, 6.45) is 5.90. The van der Waals surface area contributed by atoms with E-state index in [-0.39, 0.29) is 17.9 Å². The van der Waals surface area contributed by atoms with Crippen molar-refractivity contribution in [2.45, 2.75) is 26.3 Å². The molecule has 0 saturated carbocycles. The van der Waals surface area contributed by atoms with Crippen LogP contribution in [0.3, 0.4) is 0 Å². The van der Waals surface area contributed by atoms with Gasteiger partial charge < -0.3 is 4.57 Å². The van der Waals surface area contributed by atoms with Crippen LogP contribution in [0.15, 0.2) is 30.7 Å². The molecule has 0 fully saturated rings. The third kappa shape index (κ3) is 2.61. The molecule has 2 aromatic rings. The molecule has 0 amide bonds. The Morgan fingerprint density at radius 1 is 1.39 bits per heavy atom. The zero-order chi connectivity index (χ0) is 13.0. The number of pyridine rings is 1. The van der Waals surface area contributed by atoms with Gasteiger partial charge in [0.05, 0.1) is 6.42 Å². The van der Waals surface area contributed by atoms with Crippen molar-refractivity contribution in [3.05, 3.63) is 48.1 Å². The molecule has 0 spiro atoms. The Morgan fingerprint density at radius 3 is 2.94 bits per heavy atom. The molecular weight excluding hydrogens is 233 g/mol. The Hall–Kier alpha value is -2.04. The van der Waals surface area contributed by atoms with E-state index in [1.807, 2.05) is 17.7 Å². The van der Waals surface area contributed by atoms with E-state index in [1.165, 1.54) is 18.3 Å². The van der Waals surface area contributed by atoms with Gasteiger partial charge in [-0.3, -0.25) is 9.78 Å². The van der Waals surface area contributed by atoms with Crippen molar-refractivity contribution in [3.63, 3.8) is 0 Å². The number of halogens is 1. The topological polar surface area (TPSA) is 47.8 Å². The lowest BCUT2D eigenvalue weighted by molar-refractivity contribution is 0.0980.